The highest BCUT2D eigenvalue weighted by Crippen LogP contribution is 2.38. The highest BCUT2D eigenvalue weighted by atomic mass is 79.9. The lowest BCUT2D eigenvalue weighted by Gasteiger charge is -2.45. The molecular weight excluding hydrogens is 280 g/mol. The van der Waals surface area contributed by atoms with E-state index in [4.69, 9.17) is 0 Å². The number of hydrogen-bond acceptors (Lipinski definition) is 1. The summed E-state index contributed by atoms with van der Waals surface area (Å²) in [7, 11) is 0. The van der Waals surface area contributed by atoms with E-state index < -0.39 is 0 Å². The first-order chi connectivity index (χ1) is 8.11. The first-order valence-corrected chi connectivity index (χ1v) is 7.08. The molecule has 1 aliphatic heterocycles. The molecule has 94 valence electrons. The zero-order valence-corrected chi connectivity index (χ0v) is 12.2. The van der Waals surface area contributed by atoms with E-state index in [9.17, 15) is 4.79 Å². The second kappa shape index (κ2) is 4.48. The molecule has 2 heterocycles. The average Bonchev–Trinajstić information content (AvgIpc) is 2.55. The number of nitrogens with zero attached hydrogens (tertiary/aromatic N) is 1. The van der Waals surface area contributed by atoms with E-state index in [1.807, 2.05) is 20.8 Å². The summed E-state index contributed by atoms with van der Waals surface area (Å²) in [5.41, 5.74) is 1.98. The quantitative estimate of drug-likeness (QED) is 0.784. The SMILES string of the molecule is CC.Cc1cn2c(c1Br)C(=O)NC1(CCC1)C2. The Morgan fingerprint density at radius 1 is 1.41 bits per heavy atom. The molecule has 1 aromatic heterocycles. The van der Waals surface area contributed by atoms with Gasteiger partial charge in [0.1, 0.15) is 5.69 Å². The van der Waals surface area contributed by atoms with E-state index >= 15 is 0 Å². The number of rotatable bonds is 0. The van der Waals surface area contributed by atoms with Crippen molar-refractivity contribution in [3.63, 3.8) is 0 Å². The van der Waals surface area contributed by atoms with Gasteiger partial charge < -0.3 is 9.88 Å². The van der Waals surface area contributed by atoms with Crippen molar-refractivity contribution in [1.29, 1.82) is 0 Å². The molecule has 1 aliphatic carbocycles. The molecule has 0 radical (unpaired) electrons. The summed E-state index contributed by atoms with van der Waals surface area (Å²) in [6.45, 7) is 6.96. The summed E-state index contributed by atoms with van der Waals surface area (Å²) in [6.07, 6.45) is 5.54. The molecule has 1 saturated carbocycles. The van der Waals surface area contributed by atoms with Gasteiger partial charge in [0.15, 0.2) is 0 Å². The molecule has 0 bridgehead atoms. The second-order valence-corrected chi connectivity index (χ2v) is 5.48. The standard InChI is InChI=1S/C11H13BrN2O.C2H6/c1-7-5-14-6-11(3-2-4-11)13-10(15)9(14)8(7)12;1-2/h5H,2-4,6H2,1H3,(H,13,15);1-2H3. The zero-order valence-electron chi connectivity index (χ0n) is 10.6. The van der Waals surface area contributed by atoms with Gasteiger partial charge in [-0.3, -0.25) is 4.79 Å². The van der Waals surface area contributed by atoms with Crippen LogP contribution in [0.25, 0.3) is 0 Å². The topological polar surface area (TPSA) is 34.0 Å². The fourth-order valence-electron chi connectivity index (χ4n) is 2.57. The molecule has 0 aromatic carbocycles. The maximum atomic E-state index is 12.0. The second-order valence-electron chi connectivity index (χ2n) is 4.69. The smallest absolute Gasteiger partial charge is 0.269 e. The van der Waals surface area contributed by atoms with Gasteiger partial charge in [0.2, 0.25) is 0 Å². The number of carbonyl (C=O) groups excluding carboxylic acids is 1. The lowest BCUT2D eigenvalue weighted by molar-refractivity contribution is 0.0718. The average molecular weight is 299 g/mol. The van der Waals surface area contributed by atoms with Crippen molar-refractivity contribution >= 4 is 21.8 Å². The van der Waals surface area contributed by atoms with E-state index in [-0.39, 0.29) is 11.4 Å². The molecule has 1 fully saturated rings. The Labute approximate surface area is 111 Å². The first-order valence-electron chi connectivity index (χ1n) is 6.29. The van der Waals surface area contributed by atoms with Crippen LogP contribution in [0.4, 0.5) is 0 Å². The molecule has 2 aliphatic rings. The molecule has 1 aromatic rings. The summed E-state index contributed by atoms with van der Waals surface area (Å²) < 4.78 is 3.03. The first kappa shape index (κ1) is 12.7. The number of nitrogens with one attached hydrogen (secondary N) is 1. The van der Waals surface area contributed by atoms with Crippen LogP contribution in [0.5, 0.6) is 0 Å². The highest BCUT2D eigenvalue weighted by Gasteiger charge is 2.43. The van der Waals surface area contributed by atoms with E-state index in [0.717, 1.165) is 35.1 Å². The van der Waals surface area contributed by atoms with Crippen LogP contribution in [0, 0.1) is 6.92 Å². The monoisotopic (exact) mass is 298 g/mol. The molecule has 0 saturated heterocycles. The fourth-order valence-corrected chi connectivity index (χ4v) is 3.09. The minimum absolute atomic E-state index is 0.0645. The lowest BCUT2D eigenvalue weighted by Crippen LogP contribution is -2.59. The molecule has 3 rings (SSSR count). The van der Waals surface area contributed by atoms with Crippen LogP contribution in [0.1, 0.15) is 49.2 Å². The Morgan fingerprint density at radius 3 is 2.59 bits per heavy atom. The lowest BCUT2D eigenvalue weighted by atomic mass is 9.75. The normalized spacial score (nSPS) is 19.9. The van der Waals surface area contributed by atoms with Gasteiger partial charge in [0.25, 0.3) is 5.91 Å². The van der Waals surface area contributed by atoms with Crippen molar-refractivity contribution < 1.29 is 4.79 Å². The molecule has 3 nitrogen and oxygen atoms in total. The largest absolute Gasteiger partial charge is 0.343 e. The third-order valence-electron chi connectivity index (χ3n) is 3.57. The molecule has 4 heteroatoms. The fraction of sp³-hybridized carbons (Fsp3) is 0.615. The number of fused-ring (bicyclic) bond motifs is 1. The summed E-state index contributed by atoms with van der Waals surface area (Å²) in [5, 5.41) is 3.15. The zero-order chi connectivity index (χ0) is 12.6. The maximum absolute atomic E-state index is 12.0. The van der Waals surface area contributed by atoms with Crippen LogP contribution in [0.15, 0.2) is 10.7 Å². The predicted molar refractivity (Wildman–Crippen MR) is 72.3 cm³/mol. The Balaban J connectivity index is 0.000000514. The number of aromatic nitrogens is 1. The van der Waals surface area contributed by atoms with Gasteiger partial charge in [-0.15, -0.1) is 0 Å². The number of halogens is 1. The van der Waals surface area contributed by atoms with Crippen molar-refractivity contribution in [2.45, 2.75) is 52.1 Å². The molecule has 17 heavy (non-hydrogen) atoms. The molecule has 0 unspecified atom stereocenters. The summed E-state index contributed by atoms with van der Waals surface area (Å²) in [5.74, 6) is 0.0703. The van der Waals surface area contributed by atoms with Crippen LogP contribution in [-0.4, -0.2) is 16.0 Å². The molecular formula is C13H19BrN2O. The molecule has 1 N–H and O–H groups in total. The summed E-state index contributed by atoms with van der Waals surface area (Å²) in [4.78, 5) is 12.0. The van der Waals surface area contributed by atoms with E-state index in [2.05, 4.69) is 32.0 Å². The van der Waals surface area contributed by atoms with Gasteiger partial charge >= 0.3 is 0 Å². The van der Waals surface area contributed by atoms with Gasteiger partial charge in [-0.1, -0.05) is 13.8 Å². The van der Waals surface area contributed by atoms with Crippen LogP contribution in [0.3, 0.4) is 0 Å². The van der Waals surface area contributed by atoms with Crippen LogP contribution < -0.4 is 5.32 Å². The van der Waals surface area contributed by atoms with Gasteiger partial charge in [-0.05, 0) is 47.7 Å². The van der Waals surface area contributed by atoms with Crippen molar-refractivity contribution in [1.82, 2.24) is 9.88 Å². The third kappa shape index (κ3) is 1.92. The van der Waals surface area contributed by atoms with Crippen LogP contribution in [-0.2, 0) is 6.54 Å². The molecule has 1 amide bonds. The number of aryl methyl sites for hydroxylation is 1. The molecule has 0 atom stereocenters. The summed E-state index contributed by atoms with van der Waals surface area (Å²) >= 11 is 3.47. The third-order valence-corrected chi connectivity index (χ3v) is 4.57. The maximum Gasteiger partial charge on any atom is 0.269 e. The Bertz CT molecular complexity index is 447. The van der Waals surface area contributed by atoms with Crippen molar-refractivity contribution in [2.24, 2.45) is 0 Å². The Morgan fingerprint density at radius 2 is 2.06 bits per heavy atom. The summed E-state index contributed by atoms with van der Waals surface area (Å²) in [6, 6.07) is 0. The predicted octanol–water partition coefficient (Wildman–Crippen LogP) is 3.25. The van der Waals surface area contributed by atoms with Crippen LogP contribution >= 0.6 is 15.9 Å². The minimum atomic E-state index is 0.0645. The highest BCUT2D eigenvalue weighted by molar-refractivity contribution is 9.10. The Kier molecular flexibility index (Phi) is 3.34. The van der Waals surface area contributed by atoms with E-state index in [0.29, 0.717) is 0 Å². The Hall–Kier alpha value is -0.770. The number of amides is 1. The van der Waals surface area contributed by atoms with E-state index in [1.165, 1.54) is 6.42 Å². The number of hydrogen-bond donors (Lipinski definition) is 1. The van der Waals surface area contributed by atoms with Crippen molar-refractivity contribution in [2.75, 3.05) is 0 Å². The minimum Gasteiger partial charge on any atom is -0.343 e. The van der Waals surface area contributed by atoms with Crippen molar-refractivity contribution in [3.8, 4) is 0 Å². The number of carbonyl (C=O) groups is 1. The van der Waals surface area contributed by atoms with Gasteiger partial charge in [-0.2, -0.15) is 0 Å². The van der Waals surface area contributed by atoms with Gasteiger partial charge in [0, 0.05) is 12.7 Å². The van der Waals surface area contributed by atoms with Crippen molar-refractivity contribution in [3.05, 3.63) is 21.9 Å². The van der Waals surface area contributed by atoms with E-state index in [1.54, 1.807) is 0 Å². The van der Waals surface area contributed by atoms with Gasteiger partial charge in [-0.25, -0.2) is 0 Å². The van der Waals surface area contributed by atoms with Crippen LogP contribution in [0.2, 0.25) is 0 Å². The van der Waals surface area contributed by atoms with Gasteiger partial charge in [0.05, 0.1) is 10.0 Å². The molecule has 1 spiro atoms.